The zero-order chi connectivity index (χ0) is 16.0. The van der Waals surface area contributed by atoms with Crippen LogP contribution < -0.4 is 5.32 Å². The second-order valence-corrected chi connectivity index (χ2v) is 5.38. The van der Waals surface area contributed by atoms with E-state index in [1.165, 1.54) is 5.01 Å². The van der Waals surface area contributed by atoms with Gasteiger partial charge in [0.25, 0.3) is 0 Å². The SMILES string of the molecule is CN1N=NC2=C(c3nc(-c4ccccc4)cn3C)NCN2C1=O. The Hall–Kier alpha value is -3.16. The Morgan fingerprint density at radius 1 is 1.17 bits per heavy atom. The molecule has 0 aliphatic carbocycles. The predicted octanol–water partition coefficient (Wildman–Crippen LogP) is 2.01. The highest BCUT2D eigenvalue weighted by molar-refractivity contribution is 5.81. The van der Waals surface area contributed by atoms with Crippen molar-refractivity contribution in [2.75, 3.05) is 13.7 Å². The number of aryl methyl sites for hydroxylation is 1. The Morgan fingerprint density at radius 3 is 2.74 bits per heavy atom. The third-order valence-electron chi connectivity index (χ3n) is 3.84. The van der Waals surface area contributed by atoms with E-state index in [0.717, 1.165) is 17.1 Å². The van der Waals surface area contributed by atoms with Crippen molar-refractivity contribution in [1.29, 1.82) is 0 Å². The van der Waals surface area contributed by atoms with Gasteiger partial charge in [-0.05, 0) is 0 Å². The van der Waals surface area contributed by atoms with E-state index < -0.39 is 0 Å². The normalized spacial score (nSPS) is 16.9. The first-order valence-electron chi connectivity index (χ1n) is 7.19. The molecule has 0 spiro atoms. The van der Waals surface area contributed by atoms with E-state index in [9.17, 15) is 4.79 Å². The van der Waals surface area contributed by atoms with Crippen LogP contribution in [0.15, 0.2) is 52.7 Å². The molecule has 0 bridgehead atoms. The van der Waals surface area contributed by atoms with Crippen LogP contribution in [-0.4, -0.2) is 39.2 Å². The molecular formula is C15H15N7O. The standard InChI is InChI=1S/C15H15N7O/c1-20-8-11(10-6-4-3-5-7-10)17-13(20)12-14-18-19-21(2)15(23)22(14)9-16-12/h3-8,16H,9H2,1-2H3. The minimum Gasteiger partial charge on any atom is -0.361 e. The zero-order valence-electron chi connectivity index (χ0n) is 12.8. The summed E-state index contributed by atoms with van der Waals surface area (Å²) in [5.74, 6) is 1.22. The number of benzene rings is 1. The van der Waals surface area contributed by atoms with Gasteiger partial charge in [-0.25, -0.2) is 9.78 Å². The average Bonchev–Trinajstić information content (AvgIpc) is 3.15. The van der Waals surface area contributed by atoms with Crippen LogP contribution in [0.25, 0.3) is 17.0 Å². The average molecular weight is 309 g/mol. The number of amides is 2. The highest BCUT2D eigenvalue weighted by Gasteiger charge is 2.35. The van der Waals surface area contributed by atoms with Crippen molar-refractivity contribution in [2.45, 2.75) is 0 Å². The molecule has 8 nitrogen and oxygen atoms in total. The molecule has 0 radical (unpaired) electrons. The first kappa shape index (κ1) is 13.5. The molecular weight excluding hydrogens is 294 g/mol. The number of carbonyl (C=O) groups is 1. The van der Waals surface area contributed by atoms with Gasteiger partial charge in [0.1, 0.15) is 5.70 Å². The van der Waals surface area contributed by atoms with E-state index in [-0.39, 0.29) is 6.03 Å². The number of rotatable bonds is 2. The number of imidazole rings is 1. The quantitative estimate of drug-likeness (QED) is 0.921. The monoisotopic (exact) mass is 309 g/mol. The van der Waals surface area contributed by atoms with Crippen LogP contribution in [0.3, 0.4) is 0 Å². The summed E-state index contributed by atoms with van der Waals surface area (Å²) >= 11 is 0. The van der Waals surface area contributed by atoms with Crippen molar-refractivity contribution in [1.82, 2.24) is 24.8 Å². The molecule has 3 heterocycles. The number of carbonyl (C=O) groups excluding carboxylic acids is 1. The van der Waals surface area contributed by atoms with E-state index in [0.29, 0.717) is 18.2 Å². The largest absolute Gasteiger partial charge is 0.361 e. The summed E-state index contributed by atoms with van der Waals surface area (Å²) in [6.07, 6.45) is 1.95. The van der Waals surface area contributed by atoms with Gasteiger partial charge in [0, 0.05) is 25.9 Å². The Kier molecular flexibility index (Phi) is 2.90. The number of urea groups is 1. The molecule has 0 saturated heterocycles. The van der Waals surface area contributed by atoms with Crippen molar-refractivity contribution in [3.8, 4) is 11.3 Å². The fourth-order valence-electron chi connectivity index (χ4n) is 2.66. The molecule has 2 amide bonds. The van der Waals surface area contributed by atoms with Crippen LogP contribution >= 0.6 is 0 Å². The lowest BCUT2D eigenvalue weighted by Crippen LogP contribution is -2.40. The molecule has 2 aromatic rings. The predicted molar refractivity (Wildman–Crippen MR) is 83.4 cm³/mol. The van der Waals surface area contributed by atoms with Crippen LogP contribution in [0.4, 0.5) is 4.79 Å². The van der Waals surface area contributed by atoms with E-state index in [4.69, 9.17) is 0 Å². The van der Waals surface area contributed by atoms with Crippen LogP contribution in [0, 0.1) is 0 Å². The molecule has 0 saturated carbocycles. The fraction of sp³-hybridized carbons (Fsp3) is 0.200. The van der Waals surface area contributed by atoms with E-state index in [2.05, 4.69) is 20.6 Å². The lowest BCUT2D eigenvalue weighted by atomic mass is 10.2. The molecule has 0 unspecified atom stereocenters. The van der Waals surface area contributed by atoms with Gasteiger partial charge in [-0.2, -0.15) is 5.01 Å². The molecule has 4 rings (SSSR count). The summed E-state index contributed by atoms with van der Waals surface area (Å²) in [5, 5.41) is 12.4. The van der Waals surface area contributed by atoms with Crippen molar-refractivity contribution < 1.29 is 4.79 Å². The van der Waals surface area contributed by atoms with Gasteiger partial charge in [-0.3, -0.25) is 4.90 Å². The van der Waals surface area contributed by atoms with Crippen LogP contribution in [0.5, 0.6) is 0 Å². The summed E-state index contributed by atoms with van der Waals surface area (Å²) in [4.78, 5) is 18.3. The van der Waals surface area contributed by atoms with Crippen LogP contribution in [0.2, 0.25) is 0 Å². The molecule has 23 heavy (non-hydrogen) atoms. The minimum atomic E-state index is -0.213. The molecule has 0 fully saturated rings. The Labute approximate surface area is 132 Å². The van der Waals surface area contributed by atoms with Crippen molar-refractivity contribution >= 4 is 11.7 Å². The van der Waals surface area contributed by atoms with Gasteiger partial charge < -0.3 is 9.88 Å². The lowest BCUT2D eigenvalue weighted by molar-refractivity contribution is 0.165. The third kappa shape index (κ3) is 2.07. The Morgan fingerprint density at radius 2 is 1.96 bits per heavy atom. The number of hydrogen-bond acceptors (Lipinski definition) is 5. The van der Waals surface area contributed by atoms with E-state index in [1.807, 2.05) is 48.1 Å². The number of fused-ring (bicyclic) bond motifs is 1. The maximum Gasteiger partial charge on any atom is 0.348 e. The van der Waals surface area contributed by atoms with Crippen LogP contribution in [0.1, 0.15) is 5.82 Å². The lowest BCUT2D eigenvalue weighted by Gasteiger charge is -2.23. The molecule has 2 aliphatic heterocycles. The molecule has 2 aliphatic rings. The van der Waals surface area contributed by atoms with Gasteiger partial charge in [0.15, 0.2) is 11.6 Å². The number of nitrogens with one attached hydrogen (secondary N) is 1. The molecule has 1 N–H and O–H groups in total. The van der Waals surface area contributed by atoms with E-state index >= 15 is 0 Å². The summed E-state index contributed by atoms with van der Waals surface area (Å²) in [5.41, 5.74) is 2.61. The van der Waals surface area contributed by atoms with Crippen molar-refractivity contribution in [3.63, 3.8) is 0 Å². The first-order chi connectivity index (χ1) is 11.1. The fourth-order valence-corrected chi connectivity index (χ4v) is 2.66. The maximum absolute atomic E-state index is 12.1. The summed E-state index contributed by atoms with van der Waals surface area (Å²) < 4.78 is 1.92. The highest BCUT2D eigenvalue weighted by atomic mass is 16.2. The van der Waals surface area contributed by atoms with Gasteiger partial charge in [0.2, 0.25) is 0 Å². The molecule has 1 aromatic heterocycles. The summed E-state index contributed by atoms with van der Waals surface area (Å²) in [6, 6.07) is 9.73. The van der Waals surface area contributed by atoms with Crippen molar-refractivity contribution in [2.24, 2.45) is 17.4 Å². The molecule has 1 aromatic carbocycles. The number of nitrogens with zero attached hydrogens (tertiary/aromatic N) is 6. The third-order valence-corrected chi connectivity index (χ3v) is 3.84. The smallest absolute Gasteiger partial charge is 0.348 e. The van der Waals surface area contributed by atoms with Crippen LogP contribution in [-0.2, 0) is 7.05 Å². The van der Waals surface area contributed by atoms with Gasteiger partial charge in [0.05, 0.1) is 12.4 Å². The minimum absolute atomic E-state index is 0.213. The number of aromatic nitrogens is 2. The topological polar surface area (TPSA) is 78.1 Å². The molecule has 0 atom stereocenters. The van der Waals surface area contributed by atoms with Gasteiger partial charge >= 0.3 is 6.03 Å². The van der Waals surface area contributed by atoms with E-state index in [1.54, 1.807) is 11.9 Å². The first-order valence-corrected chi connectivity index (χ1v) is 7.19. The second kappa shape index (κ2) is 4.94. The molecule has 116 valence electrons. The van der Waals surface area contributed by atoms with Crippen molar-refractivity contribution in [3.05, 3.63) is 48.2 Å². The Balaban J connectivity index is 1.79. The second-order valence-electron chi connectivity index (χ2n) is 5.38. The molecule has 8 heteroatoms. The van der Waals surface area contributed by atoms with Gasteiger partial charge in [-0.15, -0.1) is 5.11 Å². The number of hydrogen-bond donors (Lipinski definition) is 1. The summed E-state index contributed by atoms with van der Waals surface area (Å²) in [6.45, 7) is 0.361. The highest BCUT2D eigenvalue weighted by Crippen LogP contribution is 2.29. The zero-order valence-corrected chi connectivity index (χ0v) is 12.8. The Bertz CT molecular complexity index is 837. The van der Waals surface area contributed by atoms with Gasteiger partial charge in [-0.1, -0.05) is 35.6 Å². The maximum atomic E-state index is 12.1. The summed E-state index contributed by atoms with van der Waals surface area (Å²) in [7, 11) is 3.50.